The number of fused-ring (bicyclic) bond motifs is 3. The molecule has 0 spiro atoms. The Morgan fingerprint density at radius 2 is 1.74 bits per heavy atom. The number of rotatable bonds is 2. The number of hydrogen-bond acceptors (Lipinski definition) is 8. The number of carbonyl (C=O) groups excluding carboxylic acids is 2. The topological polar surface area (TPSA) is 185 Å². The van der Waals surface area contributed by atoms with Crippen molar-refractivity contribution in [2.45, 2.75) is 25.0 Å². The Hall–Kier alpha value is -4.13. The third kappa shape index (κ3) is 3.22. The van der Waals surface area contributed by atoms with Gasteiger partial charge < -0.3 is 31.3 Å². The smallest absolute Gasteiger partial charge is 0.253 e. The first-order valence-electron chi connectivity index (χ1n) is 11.1. The van der Waals surface area contributed by atoms with E-state index in [1.54, 1.807) is 30.3 Å². The van der Waals surface area contributed by atoms with Crippen molar-refractivity contribution in [3.63, 3.8) is 0 Å². The molecule has 0 heterocycles. The Balaban J connectivity index is 1.65. The molecule has 0 bridgehead atoms. The maximum atomic E-state index is 13.5. The number of aromatic hydroxyl groups is 1. The minimum absolute atomic E-state index is 0.0521. The molecule has 1 fully saturated rings. The molecule has 3 atom stereocenters. The molecule has 5 rings (SSSR count). The normalized spacial score (nSPS) is 24.8. The number of allylic oxidation sites excluding steroid dienone is 2. The number of aliphatic hydroxyl groups is 4. The Morgan fingerprint density at radius 3 is 2.37 bits per heavy atom. The number of nitrogens with zero attached hydrogens (tertiary/aromatic N) is 1. The number of benzene rings is 2. The minimum Gasteiger partial charge on any atom is -0.512 e. The second-order valence-corrected chi connectivity index (χ2v) is 9.29. The molecule has 0 saturated heterocycles. The predicted molar refractivity (Wildman–Crippen MR) is 122 cm³/mol. The van der Waals surface area contributed by atoms with E-state index in [-0.39, 0.29) is 36.1 Å². The number of nitriles is 1. The van der Waals surface area contributed by atoms with Crippen LogP contribution in [-0.4, -0.2) is 43.0 Å². The molecule has 7 N–H and O–H groups in total. The fourth-order valence-electron chi connectivity index (χ4n) is 5.94. The van der Waals surface area contributed by atoms with Crippen LogP contribution in [0.15, 0.2) is 53.3 Å². The number of phenols is 1. The SMILES string of the molecule is N#Cc1ccc(-c2ccc(O)c3c2CC2CC4CC(O)=C(C(N)=O)C(O)(O)C4C(=O)C2=C3O)cc1. The van der Waals surface area contributed by atoms with Crippen LogP contribution in [0.3, 0.4) is 0 Å². The zero-order chi connectivity index (χ0) is 25.2. The Bertz CT molecular complexity index is 1400. The van der Waals surface area contributed by atoms with Gasteiger partial charge in [-0.25, -0.2) is 0 Å². The first kappa shape index (κ1) is 22.7. The van der Waals surface area contributed by atoms with Crippen LogP contribution in [0.25, 0.3) is 16.9 Å². The lowest BCUT2D eigenvalue weighted by Crippen LogP contribution is -2.57. The molecule has 1 amide bonds. The number of amides is 1. The average molecular weight is 474 g/mol. The van der Waals surface area contributed by atoms with E-state index in [0.717, 1.165) is 5.56 Å². The molecule has 9 nitrogen and oxygen atoms in total. The molecule has 3 aliphatic rings. The van der Waals surface area contributed by atoms with Gasteiger partial charge in [0.25, 0.3) is 5.91 Å². The van der Waals surface area contributed by atoms with Crippen molar-refractivity contribution in [2.24, 2.45) is 23.5 Å². The lowest BCUT2D eigenvalue weighted by molar-refractivity contribution is -0.197. The van der Waals surface area contributed by atoms with E-state index in [2.05, 4.69) is 6.07 Å². The summed E-state index contributed by atoms with van der Waals surface area (Å²) in [6.45, 7) is 0. The number of hydrogen-bond donors (Lipinski definition) is 6. The van der Waals surface area contributed by atoms with Gasteiger partial charge in [0.15, 0.2) is 5.78 Å². The maximum Gasteiger partial charge on any atom is 0.253 e. The van der Waals surface area contributed by atoms with Gasteiger partial charge in [0.1, 0.15) is 22.8 Å². The van der Waals surface area contributed by atoms with Gasteiger partial charge in [0.2, 0.25) is 5.79 Å². The third-order valence-electron chi connectivity index (χ3n) is 7.37. The highest BCUT2D eigenvalue weighted by Gasteiger charge is 2.58. The lowest BCUT2D eigenvalue weighted by atomic mass is 9.59. The summed E-state index contributed by atoms with van der Waals surface area (Å²) in [7, 11) is 0. The number of nitrogens with two attached hydrogens (primary N) is 1. The van der Waals surface area contributed by atoms with Gasteiger partial charge in [-0.1, -0.05) is 18.2 Å². The first-order chi connectivity index (χ1) is 16.6. The predicted octanol–water partition coefficient (Wildman–Crippen LogP) is 1.96. The van der Waals surface area contributed by atoms with Crippen molar-refractivity contribution < 1.29 is 35.1 Å². The van der Waals surface area contributed by atoms with E-state index < -0.39 is 52.3 Å². The van der Waals surface area contributed by atoms with Gasteiger partial charge in [-0.05, 0) is 59.6 Å². The van der Waals surface area contributed by atoms with E-state index in [1.807, 2.05) is 0 Å². The standard InChI is InChI=1S/C26H22N2O7/c27-10-11-1-3-12(4-2-11)15-5-6-17(29)20-16(15)8-13-7-14-9-18(30)22(25(28)33)26(34,35)21(14)24(32)19(13)23(20)31/h1-6,13-14,21,29-31,34-35H,7-9H2,(H2,28,33). The molecule has 178 valence electrons. The van der Waals surface area contributed by atoms with Crippen LogP contribution in [0.5, 0.6) is 5.75 Å². The van der Waals surface area contributed by atoms with Crippen LogP contribution in [0.2, 0.25) is 0 Å². The second-order valence-electron chi connectivity index (χ2n) is 9.29. The molecule has 2 aromatic carbocycles. The van der Waals surface area contributed by atoms with Gasteiger partial charge in [-0.2, -0.15) is 5.26 Å². The molecule has 0 aromatic heterocycles. The molecule has 0 radical (unpaired) electrons. The monoisotopic (exact) mass is 474 g/mol. The van der Waals surface area contributed by atoms with E-state index in [9.17, 15) is 35.1 Å². The third-order valence-corrected chi connectivity index (χ3v) is 7.37. The number of aliphatic hydroxyl groups excluding tert-OH is 2. The fourth-order valence-corrected chi connectivity index (χ4v) is 5.94. The Morgan fingerprint density at radius 1 is 1.06 bits per heavy atom. The van der Waals surface area contributed by atoms with Crippen LogP contribution >= 0.6 is 0 Å². The summed E-state index contributed by atoms with van der Waals surface area (Å²) in [6.07, 6.45) is 0.346. The Kier molecular flexibility index (Phi) is 4.98. The lowest BCUT2D eigenvalue weighted by Gasteiger charge is -2.46. The number of phenolic OH excluding ortho intramolecular Hbond substituents is 1. The van der Waals surface area contributed by atoms with Gasteiger partial charge in [0.05, 0.1) is 23.1 Å². The maximum absolute atomic E-state index is 13.5. The summed E-state index contributed by atoms with van der Waals surface area (Å²) in [5, 5.41) is 62.7. The van der Waals surface area contributed by atoms with Crippen LogP contribution in [0.4, 0.5) is 0 Å². The zero-order valence-electron chi connectivity index (χ0n) is 18.4. The highest BCUT2D eigenvalue weighted by Crippen LogP contribution is 2.53. The highest BCUT2D eigenvalue weighted by molar-refractivity contribution is 6.08. The molecule has 9 heteroatoms. The summed E-state index contributed by atoms with van der Waals surface area (Å²) >= 11 is 0. The average Bonchev–Trinajstić information content (AvgIpc) is 2.78. The summed E-state index contributed by atoms with van der Waals surface area (Å²) in [5.74, 6) is -9.03. The molecule has 35 heavy (non-hydrogen) atoms. The van der Waals surface area contributed by atoms with E-state index in [0.29, 0.717) is 16.7 Å². The van der Waals surface area contributed by atoms with Gasteiger partial charge >= 0.3 is 0 Å². The van der Waals surface area contributed by atoms with E-state index in [4.69, 9.17) is 11.0 Å². The summed E-state index contributed by atoms with van der Waals surface area (Å²) in [5.41, 5.74) is 6.99. The first-order valence-corrected chi connectivity index (χ1v) is 11.1. The van der Waals surface area contributed by atoms with Crippen LogP contribution in [-0.2, 0) is 16.0 Å². The minimum atomic E-state index is -3.00. The number of ketones is 1. The van der Waals surface area contributed by atoms with E-state index >= 15 is 0 Å². The quantitative estimate of drug-likeness (QED) is 0.357. The van der Waals surface area contributed by atoms with Crippen LogP contribution in [0.1, 0.15) is 29.5 Å². The molecule has 0 aliphatic heterocycles. The van der Waals surface area contributed by atoms with Crippen molar-refractivity contribution >= 4 is 17.4 Å². The van der Waals surface area contributed by atoms with Gasteiger partial charge in [0, 0.05) is 12.0 Å². The fraction of sp³-hybridized carbons (Fsp3) is 0.269. The molecule has 2 aromatic rings. The number of carbonyl (C=O) groups is 2. The molecular formula is C26H22N2O7. The Labute approximate surface area is 199 Å². The number of primary amides is 1. The highest BCUT2D eigenvalue weighted by atomic mass is 16.5. The summed E-state index contributed by atoms with van der Waals surface area (Å²) in [6, 6.07) is 12.0. The molecule has 3 aliphatic carbocycles. The molecule has 1 saturated carbocycles. The summed E-state index contributed by atoms with van der Waals surface area (Å²) in [4.78, 5) is 25.3. The summed E-state index contributed by atoms with van der Waals surface area (Å²) < 4.78 is 0. The molecule has 3 unspecified atom stereocenters. The van der Waals surface area contributed by atoms with Crippen molar-refractivity contribution in [3.05, 3.63) is 70.0 Å². The van der Waals surface area contributed by atoms with Gasteiger partial charge in [-0.15, -0.1) is 0 Å². The van der Waals surface area contributed by atoms with Crippen molar-refractivity contribution in [3.8, 4) is 22.9 Å². The van der Waals surface area contributed by atoms with E-state index in [1.165, 1.54) is 6.07 Å². The van der Waals surface area contributed by atoms with Crippen LogP contribution < -0.4 is 5.73 Å². The van der Waals surface area contributed by atoms with Crippen molar-refractivity contribution in [1.82, 2.24) is 0 Å². The van der Waals surface area contributed by atoms with Gasteiger partial charge in [-0.3, -0.25) is 9.59 Å². The van der Waals surface area contributed by atoms with Crippen molar-refractivity contribution in [1.29, 1.82) is 5.26 Å². The molecular weight excluding hydrogens is 452 g/mol. The van der Waals surface area contributed by atoms with Crippen molar-refractivity contribution in [2.75, 3.05) is 0 Å². The number of Topliss-reactive ketones (excluding diaryl/α,β-unsaturated/α-hetero) is 1. The largest absolute Gasteiger partial charge is 0.512 e. The zero-order valence-corrected chi connectivity index (χ0v) is 18.4. The second kappa shape index (κ2) is 7.70. The van der Waals surface area contributed by atoms with Crippen LogP contribution in [0, 0.1) is 29.1 Å².